The van der Waals surface area contributed by atoms with Crippen molar-refractivity contribution in [3.63, 3.8) is 0 Å². The van der Waals surface area contributed by atoms with Gasteiger partial charge in [-0.1, -0.05) is 6.92 Å². The highest BCUT2D eigenvalue weighted by atomic mass is 16.5. The van der Waals surface area contributed by atoms with Crippen LogP contribution in [0.2, 0.25) is 0 Å². The number of ether oxygens (including phenoxy) is 1. The number of amides is 1. The lowest BCUT2D eigenvalue weighted by atomic mass is 10.2. The van der Waals surface area contributed by atoms with Crippen LogP contribution in [0.15, 0.2) is 16.7 Å². The largest absolute Gasteiger partial charge is 0.469 e. The van der Waals surface area contributed by atoms with Crippen LogP contribution in [0.1, 0.15) is 23.0 Å². The Kier molecular flexibility index (Phi) is 4.17. The molecule has 94 valence electrons. The number of rotatable bonds is 4. The number of hydrogen-bond acceptors (Lipinski definition) is 4. The van der Waals surface area contributed by atoms with Crippen LogP contribution >= 0.6 is 0 Å². The molecular weight excluding hydrogens is 220 g/mol. The van der Waals surface area contributed by atoms with Gasteiger partial charge >= 0.3 is 0 Å². The lowest BCUT2D eigenvalue weighted by Crippen LogP contribution is -2.48. The molecule has 1 aliphatic rings. The topological polar surface area (TPSA) is 63.5 Å². The number of carbonyl (C=O) groups is 1. The molecule has 1 amide bonds. The number of morpholine rings is 1. The van der Waals surface area contributed by atoms with Crippen LogP contribution in [0.5, 0.6) is 0 Å². The van der Waals surface area contributed by atoms with E-state index in [4.69, 9.17) is 9.15 Å². The Labute approximate surface area is 101 Å². The van der Waals surface area contributed by atoms with Gasteiger partial charge in [0.2, 0.25) is 0 Å². The van der Waals surface area contributed by atoms with E-state index >= 15 is 0 Å². The first-order valence-electron chi connectivity index (χ1n) is 5.97. The van der Waals surface area contributed by atoms with Crippen molar-refractivity contribution in [2.24, 2.45) is 0 Å². The minimum Gasteiger partial charge on any atom is -0.469 e. The van der Waals surface area contributed by atoms with Crippen molar-refractivity contribution in [2.45, 2.75) is 19.4 Å². The van der Waals surface area contributed by atoms with E-state index < -0.39 is 0 Å². The summed E-state index contributed by atoms with van der Waals surface area (Å²) in [7, 11) is 0. The summed E-state index contributed by atoms with van der Waals surface area (Å²) >= 11 is 0. The Morgan fingerprint density at radius 3 is 3.24 bits per heavy atom. The molecule has 17 heavy (non-hydrogen) atoms. The molecule has 0 bridgehead atoms. The average Bonchev–Trinajstić information content (AvgIpc) is 2.85. The van der Waals surface area contributed by atoms with Crippen molar-refractivity contribution in [1.82, 2.24) is 10.6 Å². The SMILES string of the molecule is CCc1occc1C(=O)NCC1COCCN1. The van der Waals surface area contributed by atoms with Crippen LogP contribution in [0.25, 0.3) is 0 Å². The van der Waals surface area contributed by atoms with E-state index in [1.165, 1.54) is 0 Å². The maximum Gasteiger partial charge on any atom is 0.254 e. The summed E-state index contributed by atoms with van der Waals surface area (Å²) in [5.41, 5.74) is 0.629. The predicted octanol–water partition coefficient (Wildman–Crippen LogP) is 0.560. The molecule has 1 aromatic heterocycles. The third-order valence-corrected chi connectivity index (χ3v) is 2.82. The fourth-order valence-electron chi connectivity index (χ4n) is 1.88. The zero-order chi connectivity index (χ0) is 12.1. The van der Waals surface area contributed by atoms with Crippen molar-refractivity contribution in [1.29, 1.82) is 0 Å². The minimum atomic E-state index is -0.0806. The molecule has 1 fully saturated rings. The molecule has 0 radical (unpaired) electrons. The molecule has 5 heteroatoms. The van der Waals surface area contributed by atoms with E-state index in [2.05, 4.69) is 10.6 Å². The van der Waals surface area contributed by atoms with Gasteiger partial charge in [0.15, 0.2) is 0 Å². The van der Waals surface area contributed by atoms with Crippen LogP contribution in [0, 0.1) is 0 Å². The Morgan fingerprint density at radius 1 is 1.65 bits per heavy atom. The van der Waals surface area contributed by atoms with Gasteiger partial charge in [-0.15, -0.1) is 0 Å². The molecule has 2 heterocycles. The summed E-state index contributed by atoms with van der Waals surface area (Å²) in [5.74, 6) is 0.651. The first kappa shape index (κ1) is 12.1. The molecule has 2 rings (SSSR count). The average molecular weight is 238 g/mol. The molecule has 1 unspecified atom stereocenters. The fraction of sp³-hybridized carbons (Fsp3) is 0.583. The van der Waals surface area contributed by atoms with Crippen molar-refractivity contribution in [3.8, 4) is 0 Å². The van der Waals surface area contributed by atoms with Crippen LogP contribution in [0.4, 0.5) is 0 Å². The molecule has 0 saturated carbocycles. The van der Waals surface area contributed by atoms with E-state index in [1.54, 1.807) is 12.3 Å². The van der Waals surface area contributed by atoms with Crippen molar-refractivity contribution < 1.29 is 13.9 Å². The van der Waals surface area contributed by atoms with Gasteiger partial charge in [0.25, 0.3) is 5.91 Å². The third-order valence-electron chi connectivity index (χ3n) is 2.82. The molecule has 5 nitrogen and oxygen atoms in total. The first-order chi connectivity index (χ1) is 8.31. The van der Waals surface area contributed by atoms with Crippen LogP contribution < -0.4 is 10.6 Å². The molecule has 2 N–H and O–H groups in total. The maximum atomic E-state index is 11.9. The second kappa shape index (κ2) is 5.84. The van der Waals surface area contributed by atoms with Crippen molar-refractivity contribution >= 4 is 5.91 Å². The smallest absolute Gasteiger partial charge is 0.254 e. The molecular formula is C12H18N2O3. The highest BCUT2D eigenvalue weighted by molar-refractivity contribution is 5.95. The van der Waals surface area contributed by atoms with Crippen molar-refractivity contribution in [2.75, 3.05) is 26.3 Å². The fourth-order valence-corrected chi connectivity index (χ4v) is 1.88. The minimum absolute atomic E-state index is 0.0806. The van der Waals surface area contributed by atoms with Crippen molar-refractivity contribution in [3.05, 3.63) is 23.7 Å². The number of furan rings is 1. The van der Waals surface area contributed by atoms with Gasteiger partial charge in [-0.05, 0) is 6.07 Å². The summed E-state index contributed by atoms with van der Waals surface area (Å²) in [4.78, 5) is 11.9. The Bertz CT molecular complexity index is 370. The van der Waals surface area contributed by atoms with Crippen LogP contribution in [0.3, 0.4) is 0 Å². The summed E-state index contributed by atoms with van der Waals surface area (Å²) in [6.45, 7) is 4.77. The maximum absolute atomic E-state index is 11.9. The predicted molar refractivity (Wildman–Crippen MR) is 63.0 cm³/mol. The molecule has 1 aromatic rings. The van der Waals surface area contributed by atoms with E-state index in [9.17, 15) is 4.79 Å². The molecule has 1 saturated heterocycles. The zero-order valence-electron chi connectivity index (χ0n) is 9.99. The highest BCUT2D eigenvalue weighted by Gasteiger charge is 2.16. The van der Waals surface area contributed by atoms with Gasteiger partial charge in [0, 0.05) is 25.6 Å². The summed E-state index contributed by atoms with van der Waals surface area (Å²) in [6.07, 6.45) is 2.27. The van der Waals surface area contributed by atoms with E-state index in [0.29, 0.717) is 18.7 Å². The number of nitrogens with one attached hydrogen (secondary N) is 2. The molecule has 0 aliphatic carbocycles. The molecule has 0 spiro atoms. The Hall–Kier alpha value is -1.33. The highest BCUT2D eigenvalue weighted by Crippen LogP contribution is 2.10. The second-order valence-electron chi connectivity index (χ2n) is 4.05. The lowest BCUT2D eigenvalue weighted by molar-refractivity contribution is 0.0734. The zero-order valence-corrected chi connectivity index (χ0v) is 9.99. The van der Waals surface area contributed by atoms with Gasteiger partial charge in [0.1, 0.15) is 5.76 Å². The standard InChI is InChI=1S/C12H18N2O3/c1-2-11-10(3-5-17-11)12(15)14-7-9-8-16-6-4-13-9/h3,5,9,13H,2,4,6-8H2,1H3,(H,14,15). The number of aryl methyl sites for hydroxylation is 1. The van der Waals surface area contributed by atoms with E-state index in [1.807, 2.05) is 6.92 Å². The summed E-state index contributed by atoms with van der Waals surface area (Å²) in [5, 5.41) is 6.17. The lowest BCUT2D eigenvalue weighted by Gasteiger charge is -2.23. The summed E-state index contributed by atoms with van der Waals surface area (Å²) in [6, 6.07) is 1.91. The molecule has 0 aromatic carbocycles. The van der Waals surface area contributed by atoms with E-state index in [-0.39, 0.29) is 11.9 Å². The van der Waals surface area contributed by atoms with Gasteiger partial charge < -0.3 is 19.8 Å². The van der Waals surface area contributed by atoms with Crippen LogP contribution in [-0.2, 0) is 11.2 Å². The van der Waals surface area contributed by atoms with Crippen LogP contribution in [-0.4, -0.2) is 38.3 Å². The molecule has 1 atom stereocenters. The van der Waals surface area contributed by atoms with Gasteiger partial charge in [-0.25, -0.2) is 0 Å². The summed E-state index contributed by atoms with van der Waals surface area (Å²) < 4.78 is 10.5. The Balaban J connectivity index is 1.84. The monoisotopic (exact) mass is 238 g/mol. The number of hydrogen-bond donors (Lipinski definition) is 2. The Morgan fingerprint density at radius 2 is 2.53 bits per heavy atom. The number of carbonyl (C=O) groups excluding carboxylic acids is 1. The molecule has 1 aliphatic heterocycles. The first-order valence-corrected chi connectivity index (χ1v) is 5.97. The van der Waals surface area contributed by atoms with Gasteiger partial charge in [-0.2, -0.15) is 0 Å². The van der Waals surface area contributed by atoms with E-state index in [0.717, 1.165) is 25.3 Å². The van der Waals surface area contributed by atoms with Gasteiger partial charge in [-0.3, -0.25) is 4.79 Å². The third kappa shape index (κ3) is 3.08. The quantitative estimate of drug-likeness (QED) is 0.804. The second-order valence-corrected chi connectivity index (χ2v) is 4.05. The van der Waals surface area contributed by atoms with Gasteiger partial charge in [0.05, 0.1) is 25.0 Å². The normalized spacial score (nSPS) is 20.2.